The monoisotopic (exact) mass is 293 g/mol. The molecule has 0 radical (unpaired) electrons. The van der Waals surface area contributed by atoms with E-state index in [0.717, 1.165) is 38.2 Å². The molecule has 1 aliphatic heterocycles. The van der Waals surface area contributed by atoms with Crippen LogP contribution >= 0.6 is 0 Å². The standard InChI is InChI=1S/C12H16N2O2.C4H11N/c15-12(16)10-4-7-14(8-5-10)9-11-3-1-2-6-13-11;1-4(2,3)5/h1-3,6,10H,4-5,7-9H2,(H,15,16);5H2,1-3H3. The molecule has 1 aromatic heterocycles. The van der Waals surface area contributed by atoms with E-state index in [-0.39, 0.29) is 11.5 Å². The minimum Gasteiger partial charge on any atom is -0.481 e. The quantitative estimate of drug-likeness (QED) is 0.892. The smallest absolute Gasteiger partial charge is 0.306 e. The largest absolute Gasteiger partial charge is 0.481 e. The van der Waals surface area contributed by atoms with Crippen LogP contribution in [-0.4, -0.2) is 39.6 Å². The van der Waals surface area contributed by atoms with Crippen LogP contribution in [0.25, 0.3) is 0 Å². The van der Waals surface area contributed by atoms with Crippen molar-refractivity contribution in [3.63, 3.8) is 0 Å². The van der Waals surface area contributed by atoms with Crippen LogP contribution in [0.2, 0.25) is 0 Å². The lowest BCUT2D eigenvalue weighted by atomic mass is 9.97. The van der Waals surface area contributed by atoms with Crippen LogP contribution in [0.3, 0.4) is 0 Å². The first-order chi connectivity index (χ1) is 9.75. The van der Waals surface area contributed by atoms with Crippen molar-refractivity contribution in [3.05, 3.63) is 30.1 Å². The lowest BCUT2D eigenvalue weighted by molar-refractivity contribution is -0.143. The summed E-state index contributed by atoms with van der Waals surface area (Å²) in [7, 11) is 0. The van der Waals surface area contributed by atoms with Gasteiger partial charge in [-0.15, -0.1) is 0 Å². The highest BCUT2D eigenvalue weighted by Crippen LogP contribution is 2.18. The van der Waals surface area contributed by atoms with Crippen molar-refractivity contribution in [1.82, 2.24) is 9.88 Å². The minimum atomic E-state index is -0.655. The second kappa shape index (κ2) is 8.10. The third kappa shape index (κ3) is 8.42. The molecule has 0 unspecified atom stereocenters. The van der Waals surface area contributed by atoms with Crippen LogP contribution in [-0.2, 0) is 11.3 Å². The van der Waals surface area contributed by atoms with Gasteiger partial charge in [-0.2, -0.15) is 0 Å². The Morgan fingerprint density at radius 1 is 1.38 bits per heavy atom. The van der Waals surface area contributed by atoms with Gasteiger partial charge in [0.05, 0.1) is 11.6 Å². The lowest BCUT2D eigenvalue weighted by Crippen LogP contribution is -2.35. The normalized spacial score (nSPS) is 17.0. The fourth-order valence-electron chi connectivity index (χ4n) is 2.06. The third-order valence-electron chi connectivity index (χ3n) is 3.05. The molecule has 1 aromatic rings. The van der Waals surface area contributed by atoms with E-state index in [1.165, 1.54) is 0 Å². The summed E-state index contributed by atoms with van der Waals surface area (Å²) in [6, 6.07) is 5.88. The van der Waals surface area contributed by atoms with Gasteiger partial charge in [0.2, 0.25) is 0 Å². The lowest BCUT2D eigenvalue weighted by Gasteiger charge is -2.29. The van der Waals surface area contributed by atoms with E-state index in [2.05, 4.69) is 9.88 Å². The van der Waals surface area contributed by atoms with Crippen molar-refractivity contribution >= 4 is 5.97 Å². The molecule has 0 saturated carbocycles. The molecule has 3 N–H and O–H groups in total. The molecule has 21 heavy (non-hydrogen) atoms. The van der Waals surface area contributed by atoms with E-state index in [4.69, 9.17) is 10.8 Å². The fourth-order valence-corrected chi connectivity index (χ4v) is 2.06. The number of rotatable bonds is 3. The molecule has 0 spiro atoms. The third-order valence-corrected chi connectivity index (χ3v) is 3.05. The first-order valence-corrected chi connectivity index (χ1v) is 7.39. The maximum Gasteiger partial charge on any atom is 0.306 e. The maximum absolute atomic E-state index is 10.8. The second-order valence-corrected chi connectivity index (χ2v) is 6.58. The summed E-state index contributed by atoms with van der Waals surface area (Å²) in [5.74, 6) is -0.808. The summed E-state index contributed by atoms with van der Waals surface area (Å²) >= 11 is 0. The molecular formula is C16H27N3O2. The number of hydrogen-bond acceptors (Lipinski definition) is 4. The Bertz CT molecular complexity index is 415. The van der Waals surface area contributed by atoms with Gasteiger partial charge in [0, 0.05) is 18.3 Å². The molecule has 1 aliphatic rings. The highest BCUT2D eigenvalue weighted by Gasteiger charge is 2.24. The zero-order chi connectivity index (χ0) is 15.9. The Balaban J connectivity index is 0.000000383. The topological polar surface area (TPSA) is 79.5 Å². The predicted molar refractivity (Wildman–Crippen MR) is 83.8 cm³/mol. The Labute approximate surface area is 127 Å². The van der Waals surface area contributed by atoms with Crippen molar-refractivity contribution in [2.24, 2.45) is 11.7 Å². The van der Waals surface area contributed by atoms with Crippen LogP contribution in [0.1, 0.15) is 39.3 Å². The number of hydrogen-bond donors (Lipinski definition) is 2. The molecule has 5 heteroatoms. The van der Waals surface area contributed by atoms with E-state index < -0.39 is 5.97 Å². The number of nitrogens with two attached hydrogens (primary N) is 1. The fraction of sp³-hybridized carbons (Fsp3) is 0.625. The summed E-state index contributed by atoms with van der Waals surface area (Å²) in [5, 5.41) is 8.88. The molecule has 0 bridgehead atoms. The number of pyridine rings is 1. The van der Waals surface area contributed by atoms with Gasteiger partial charge in [0.15, 0.2) is 0 Å². The van der Waals surface area contributed by atoms with Gasteiger partial charge in [-0.05, 0) is 58.8 Å². The van der Waals surface area contributed by atoms with Crippen molar-refractivity contribution in [2.45, 2.75) is 45.7 Å². The number of carboxylic acid groups (broad SMARTS) is 1. The van der Waals surface area contributed by atoms with Gasteiger partial charge in [-0.3, -0.25) is 14.7 Å². The summed E-state index contributed by atoms with van der Waals surface area (Å²) in [6.07, 6.45) is 3.30. The number of likely N-dealkylation sites (tertiary alicyclic amines) is 1. The van der Waals surface area contributed by atoms with Crippen LogP contribution in [0.5, 0.6) is 0 Å². The van der Waals surface area contributed by atoms with E-state index in [1.54, 1.807) is 6.20 Å². The molecule has 2 rings (SSSR count). The molecule has 0 atom stereocenters. The second-order valence-electron chi connectivity index (χ2n) is 6.58. The number of aromatic nitrogens is 1. The van der Waals surface area contributed by atoms with E-state index in [0.29, 0.717) is 0 Å². The molecule has 5 nitrogen and oxygen atoms in total. The van der Waals surface area contributed by atoms with Crippen LogP contribution < -0.4 is 5.73 Å². The van der Waals surface area contributed by atoms with Crippen LogP contribution in [0, 0.1) is 5.92 Å². The number of piperidine rings is 1. The van der Waals surface area contributed by atoms with Gasteiger partial charge in [0.1, 0.15) is 0 Å². The maximum atomic E-state index is 10.8. The Hall–Kier alpha value is -1.46. The minimum absolute atomic E-state index is 0. The highest BCUT2D eigenvalue weighted by atomic mass is 16.4. The molecular weight excluding hydrogens is 266 g/mol. The summed E-state index contributed by atoms with van der Waals surface area (Å²) < 4.78 is 0. The van der Waals surface area contributed by atoms with E-state index in [9.17, 15) is 4.79 Å². The average Bonchev–Trinajstić information content (AvgIpc) is 2.38. The van der Waals surface area contributed by atoms with Crippen LogP contribution in [0.15, 0.2) is 24.4 Å². The Kier molecular flexibility index (Phi) is 6.78. The predicted octanol–water partition coefficient (Wildman–Crippen LogP) is 2.12. The van der Waals surface area contributed by atoms with Gasteiger partial charge in [-0.1, -0.05) is 6.07 Å². The van der Waals surface area contributed by atoms with Gasteiger partial charge in [-0.25, -0.2) is 0 Å². The van der Waals surface area contributed by atoms with Gasteiger partial charge >= 0.3 is 5.97 Å². The molecule has 0 amide bonds. The number of aliphatic carboxylic acids is 1. The zero-order valence-corrected chi connectivity index (χ0v) is 13.2. The zero-order valence-electron chi connectivity index (χ0n) is 13.2. The van der Waals surface area contributed by atoms with Gasteiger partial charge < -0.3 is 10.8 Å². The summed E-state index contributed by atoms with van der Waals surface area (Å²) in [4.78, 5) is 17.3. The molecule has 0 aromatic carbocycles. The Morgan fingerprint density at radius 3 is 2.38 bits per heavy atom. The molecule has 2 heterocycles. The van der Waals surface area contributed by atoms with Crippen LogP contribution in [0.4, 0.5) is 0 Å². The molecule has 1 saturated heterocycles. The van der Waals surface area contributed by atoms with Crippen molar-refractivity contribution in [1.29, 1.82) is 0 Å². The molecule has 0 aliphatic carbocycles. The SMILES string of the molecule is CC(C)(C)N.O=C(O)C1CCN(Cc2ccccn2)CC1. The first-order valence-electron chi connectivity index (χ1n) is 7.39. The number of carbonyl (C=O) groups is 1. The number of nitrogens with zero attached hydrogens (tertiary/aromatic N) is 2. The van der Waals surface area contributed by atoms with Crippen molar-refractivity contribution in [3.8, 4) is 0 Å². The van der Waals surface area contributed by atoms with Crippen molar-refractivity contribution < 1.29 is 9.90 Å². The first kappa shape index (κ1) is 17.6. The summed E-state index contributed by atoms with van der Waals surface area (Å²) in [5.41, 5.74) is 6.41. The number of carboxylic acids is 1. The van der Waals surface area contributed by atoms with Gasteiger partial charge in [0.25, 0.3) is 0 Å². The van der Waals surface area contributed by atoms with Crippen molar-refractivity contribution in [2.75, 3.05) is 13.1 Å². The van der Waals surface area contributed by atoms with E-state index in [1.807, 2.05) is 39.0 Å². The Morgan fingerprint density at radius 2 is 1.95 bits per heavy atom. The summed E-state index contributed by atoms with van der Waals surface area (Å²) in [6.45, 7) is 8.43. The highest BCUT2D eigenvalue weighted by molar-refractivity contribution is 5.70. The molecule has 1 fully saturated rings. The van der Waals surface area contributed by atoms with E-state index >= 15 is 0 Å². The average molecular weight is 293 g/mol. The molecule has 118 valence electrons.